The molecule has 0 bridgehead atoms. The van der Waals surface area contributed by atoms with Gasteiger partial charge in [-0.25, -0.2) is 4.68 Å². The summed E-state index contributed by atoms with van der Waals surface area (Å²) < 4.78 is 1.46. The van der Waals surface area contributed by atoms with Crippen molar-refractivity contribution in [2.24, 2.45) is 0 Å². The summed E-state index contributed by atoms with van der Waals surface area (Å²) in [6.07, 6.45) is 5.91. The first-order valence-electron chi connectivity index (χ1n) is 4.56. The summed E-state index contributed by atoms with van der Waals surface area (Å²) in [7, 11) is 0. The van der Waals surface area contributed by atoms with Gasteiger partial charge in [0.1, 0.15) is 18.1 Å². The number of nitrogens with two attached hydrogens (primary N) is 1. The lowest BCUT2D eigenvalue weighted by Gasteiger charge is -1.95. The minimum Gasteiger partial charge on any atom is -0.383 e. The molecular formula is C11H9N3OS. The van der Waals surface area contributed by atoms with E-state index in [0.717, 1.165) is 4.88 Å². The number of carbonyl (C=O) groups is 1. The van der Waals surface area contributed by atoms with E-state index in [1.54, 1.807) is 0 Å². The van der Waals surface area contributed by atoms with Crippen LogP contribution in [-0.4, -0.2) is 16.1 Å². The van der Waals surface area contributed by atoms with Gasteiger partial charge in [-0.15, -0.1) is 17.8 Å². The minimum absolute atomic E-state index is 0.262. The fourth-order valence-electron chi connectivity index (χ4n) is 1.41. The van der Waals surface area contributed by atoms with E-state index in [4.69, 9.17) is 12.2 Å². The smallest absolute Gasteiger partial charge is 0.156 e. The van der Waals surface area contributed by atoms with Crippen LogP contribution in [-0.2, 0) is 6.54 Å². The van der Waals surface area contributed by atoms with Crippen LogP contribution in [0, 0.1) is 12.3 Å². The molecule has 2 aromatic rings. The topological polar surface area (TPSA) is 60.9 Å². The van der Waals surface area contributed by atoms with Crippen molar-refractivity contribution in [2.75, 3.05) is 5.73 Å². The third kappa shape index (κ3) is 1.59. The first-order chi connectivity index (χ1) is 7.77. The fourth-order valence-corrected chi connectivity index (χ4v) is 2.13. The summed E-state index contributed by atoms with van der Waals surface area (Å²) in [5.74, 6) is 2.76. The highest BCUT2D eigenvalue weighted by Crippen LogP contribution is 2.29. The number of anilines is 1. The van der Waals surface area contributed by atoms with E-state index < -0.39 is 0 Å². The average Bonchev–Trinajstić information content (AvgIpc) is 2.88. The molecular weight excluding hydrogens is 222 g/mol. The van der Waals surface area contributed by atoms with Gasteiger partial charge in [0.2, 0.25) is 0 Å². The van der Waals surface area contributed by atoms with Crippen molar-refractivity contribution in [1.82, 2.24) is 9.78 Å². The second kappa shape index (κ2) is 4.21. The minimum atomic E-state index is 0.262. The summed E-state index contributed by atoms with van der Waals surface area (Å²) in [4.78, 5) is 11.9. The summed E-state index contributed by atoms with van der Waals surface area (Å²) in [5.41, 5.74) is 6.78. The normalized spacial score (nSPS) is 9.94. The van der Waals surface area contributed by atoms with Gasteiger partial charge in [-0.2, -0.15) is 5.10 Å². The Balaban J connectivity index is 2.58. The predicted molar refractivity (Wildman–Crippen MR) is 64.2 cm³/mol. The van der Waals surface area contributed by atoms with E-state index >= 15 is 0 Å². The number of carbonyl (C=O) groups excluding carboxylic acids is 1. The second-order valence-corrected chi connectivity index (χ2v) is 4.05. The number of nitrogens with zero attached hydrogens (tertiary/aromatic N) is 2. The van der Waals surface area contributed by atoms with Crippen LogP contribution in [0.5, 0.6) is 0 Å². The molecule has 5 heteroatoms. The summed E-state index contributed by atoms with van der Waals surface area (Å²) >= 11 is 1.50. The van der Waals surface area contributed by atoms with Gasteiger partial charge in [-0.05, 0) is 11.4 Å². The highest BCUT2D eigenvalue weighted by molar-refractivity contribution is 7.13. The molecule has 0 amide bonds. The van der Waals surface area contributed by atoms with Gasteiger partial charge < -0.3 is 5.73 Å². The molecule has 0 spiro atoms. The fraction of sp³-hybridized carbons (Fsp3) is 0.0909. The maximum atomic E-state index is 11.0. The Morgan fingerprint density at radius 3 is 3.06 bits per heavy atom. The summed E-state index contributed by atoms with van der Waals surface area (Å²) in [6, 6.07) is 3.78. The highest BCUT2D eigenvalue weighted by Gasteiger charge is 2.16. The molecule has 0 aliphatic rings. The van der Waals surface area contributed by atoms with Gasteiger partial charge in [0, 0.05) is 0 Å². The van der Waals surface area contributed by atoms with E-state index in [1.807, 2.05) is 17.5 Å². The summed E-state index contributed by atoms with van der Waals surface area (Å²) in [5, 5.41) is 6.16. The van der Waals surface area contributed by atoms with Crippen LogP contribution in [0.25, 0.3) is 10.6 Å². The quantitative estimate of drug-likeness (QED) is 0.645. The van der Waals surface area contributed by atoms with Gasteiger partial charge in [0.05, 0.1) is 10.4 Å². The lowest BCUT2D eigenvalue weighted by Crippen LogP contribution is -2.03. The van der Waals surface area contributed by atoms with Gasteiger partial charge >= 0.3 is 0 Å². The van der Waals surface area contributed by atoms with E-state index in [9.17, 15) is 4.79 Å². The van der Waals surface area contributed by atoms with Crippen LogP contribution in [0.4, 0.5) is 5.82 Å². The number of aromatic nitrogens is 2. The lowest BCUT2D eigenvalue weighted by atomic mass is 10.2. The third-order valence-corrected chi connectivity index (χ3v) is 3.02. The Kier molecular flexibility index (Phi) is 2.75. The van der Waals surface area contributed by atoms with Crippen molar-refractivity contribution < 1.29 is 4.79 Å². The maximum absolute atomic E-state index is 11.0. The van der Waals surface area contributed by atoms with Crippen LogP contribution < -0.4 is 5.73 Å². The molecule has 0 saturated carbocycles. The number of rotatable bonds is 3. The molecule has 0 aromatic carbocycles. The lowest BCUT2D eigenvalue weighted by molar-refractivity contribution is 0.112. The number of hydrogen-bond donors (Lipinski definition) is 1. The molecule has 2 N–H and O–H groups in total. The largest absolute Gasteiger partial charge is 0.383 e. The number of nitrogen functional groups attached to an aromatic ring is 1. The highest BCUT2D eigenvalue weighted by atomic mass is 32.1. The van der Waals surface area contributed by atoms with Gasteiger partial charge in [0.15, 0.2) is 6.29 Å². The molecule has 4 nitrogen and oxygen atoms in total. The SMILES string of the molecule is C#CCn1nc(-c2cccs2)c(C=O)c1N. The third-order valence-electron chi connectivity index (χ3n) is 2.14. The predicted octanol–water partition coefficient (Wildman–Crippen LogP) is 1.64. The Morgan fingerprint density at radius 1 is 1.69 bits per heavy atom. The molecule has 16 heavy (non-hydrogen) atoms. The van der Waals surface area contributed by atoms with E-state index in [-0.39, 0.29) is 6.54 Å². The standard InChI is InChI=1S/C11H9N3OS/c1-2-5-14-11(12)8(7-15)10(13-14)9-4-3-6-16-9/h1,3-4,6-7H,5,12H2. The number of terminal acetylenes is 1. The molecule has 0 unspecified atom stereocenters. The zero-order valence-corrected chi connectivity index (χ0v) is 9.20. The molecule has 0 fully saturated rings. The van der Waals surface area contributed by atoms with Gasteiger partial charge in [-0.3, -0.25) is 4.79 Å². The number of aldehydes is 1. The molecule has 2 rings (SSSR count). The van der Waals surface area contributed by atoms with E-state index in [2.05, 4.69) is 11.0 Å². The number of hydrogen-bond acceptors (Lipinski definition) is 4. The number of thiophene rings is 1. The second-order valence-electron chi connectivity index (χ2n) is 3.10. The van der Waals surface area contributed by atoms with Gasteiger partial charge in [-0.1, -0.05) is 12.0 Å². The summed E-state index contributed by atoms with van der Waals surface area (Å²) in [6.45, 7) is 0.262. The van der Waals surface area contributed by atoms with Crippen LogP contribution in [0.2, 0.25) is 0 Å². The maximum Gasteiger partial charge on any atom is 0.156 e. The molecule has 0 aliphatic carbocycles. The van der Waals surface area contributed by atoms with E-state index in [1.165, 1.54) is 16.0 Å². The van der Waals surface area contributed by atoms with Crippen LogP contribution in [0.3, 0.4) is 0 Å². The molecule has 2 heterocycles. The monoisotopic (exact) mass is 231 g/mol. The molecule has 0 aliphatic heterocycles. The Labute approximate surface area is 96.7 Å². The molecule has 0 radical (unpaired) electrons. The van der Waals surface area contributed by atoms with Crippen LogP contribution in [0.15, 0.2) is 17.5 Å². The molecule has 0 atom stereocenters. The zero-order valence-electron chi connectivity index (χ0n) is 8.38. The first-order valence-corrected chi connectivity index (χ1v) is 5.44. The Bertz CT molecular complexity index is 549. The Morgan fingerprint density at radius 2 is 2.50 bits per heavy atom. The van der Waals surface area contributed by atoms with E-state index in [0.29, 0.717) is 23.4 Å². The van der Waals surface area contributed by atoms with Gasteiger partial charge in [0.25, 0.3) is 0 Å². The van der Waals surface area contributed by atoms with Crippen molar-refractivity contribution in [2.45, 2.75) is 6.54 Å². The van der Waals surface area contributed by atoms with Crippen LogP contribution in [0.1, 0.15) is 10.4 Å². The first kappa shape index (κ1) is 10.5. The molecule has 2 aromatic heterocycles. The zero-order chi connectivity index (χ0) is 11.5. The van der Waals surface area contributed by atoms with Crippen LogP contribution >= 0.6 is 11.3 Å². The van der Waals surface area contributed by atoms with Crippen molar-refractivity contribution >= 4 is 23.4 Å². The van der Waals surface area contributed by atoms with Crippen molar-refractivity contribution in [1.29, 1.82) is 0 Å². The van der Waals surface area contributed by atoms with Crippen molar-refractivity contribution in [3.63, 3.8) is 0 Å². The van der Waals surface area contributed by atoms with Crippen molar-refractivity contribution in [3.8, 4) is 22.9 Å². The molecule has 80 valence electrons. The Hall–Kier alpha value is -2.06. The van der Waals surface area contributed by atoms with Crippen molar-refractivity contribution in [3.05, 3.63) is 23.1 Å². The average molecular weight is 231 g/mol. The molecule has 0 saturated heterocycles.